The molecule has 0 aliphatic carbocycles. The van der Waals surface area contributed by atoms with Crippen molar-refractivity contribution >= 4 is 0 Å². The van der Waals surface area contributed by atoms with Crippen molar-refractivity contribution in [3.63, 3.8) is 0 Å². The Morgan fingerprint density at radius 2 is 1.67 bits per heavy atom. The number of nitrogens with zero attached hydrogens (tertiary/aromatic N) is 6. The van der Waals surface area contributed by atoms with Crippen LogP contribution in [0, 0.1) is 0 Å². The zero-order chi connectivity index (χ0) is 19.6. The summed E-state index contributed by atoms with van der Waals surface area (Å²) in [5.41, 5.74) is -0.259. The number of aromatic nitrogens is 6. The van der Waals surface area contributed by atoms with Crippen molar-refractivity contribution in [1.82, 2.24) is 30.4 Å². The van der Waals surface area contributed by atoms with Crippen LogP contribution in [0.15, 0.2) is 42.7 Å². The van der Waals surface area contributed by atoms with Gasteiger partial charge in [0.1, 0.15) is 18.5 Å². The molecule has 7 nitrogen and oxygen atoms in total. The molecule has 0 amide bonds. The topological polar surface area (TPSA) is 89.6 Å². The van der Waals surface area contributed by atoms with Crippen LogP contribution < -0.4 is 0 Å². The molecule has 1 aromatic carbocycles. The molecule has 0 aliphatic heterocycles. The van der Waals surface area contributed by atoms with E-state index in [0.29, 0.717) is 5.56 Å². The predicted octanol–water partition coefficient (Wildman–Crippen LogP) is 2.36. The minimum absolute atomic E-state index is 0.0363. The first-order valence-corrected chi connectivity index (χ1v) is 7.47. The number of tetrazole rings is 1. The van der Waals surface area contributed by atoms with Gasteiger partial charge < -0.3 is 5.11 Å². The molecule has 0 saturated heterocycles. The van der Waals surface area contributed by atoms with Gasteiger partial charge in [0.05, 0.1) is 17.0 Å². The minimum atomic E-state index is -4.46. The lowest BCUT2D eigenvalue weighted by Gasteiger charge is -2.20. The van der Waals surface area contributed by atoms with Crippen LogP contribution in [0.5, 0.6) is 0 Å². The third-order valence-electron chi connectivity index (χ3n) is 3.73. The number of aliphatic hydroxyl groups excluding tert-OH is 1. The fraction of sp³-hybridized carbons (Fsp3) is 0.267. The van der Waals surface area contributed by atoms with Crippen molar-refractivity contribution in [2.24, 2.45) is 0 Å². The van der Waals surface area contributed by atoms with E-state index in [0.717, 1.165) is 23.1 Å². The summed E-state index contributed by atoms with van der Waals surface area (Å²) in [6.07, 6.45) is -8.64. The van der Waals surface area contributed by atoms with Gasteiger partial charge in [0.15, 0.2) is 0 Å². The molecule has 0 radical (unpaired) electrons. The third-order valence-corrected chi connectivity index (χ3v) is 3.73. The molecule has 2 unspecified atom stereocenters. The standard InChI is InChI=1S/C15H11F5N6O/c16-14(17)13(27)12(26-7-21-24-25-26)11-6-5-10(22-23-11)8-1-3-9(4-2-8)15(18,19)20/h1-7,12-14,27H. The number of rotatable bonds is 5. The lowest BCUT2D eigenvalue weighted by Crippen LogP contribution is -2.32. The van der Waals surface area contributed by atoms with Gasteiger partial charge in [-0.2, -0.15) is 23.4 Å². The van der Waals surface area contributed by atoms with Crippen LogP contribution in [0.2, 0.25) is 0 Å². The molecular weight excluding hydrogens is 375 g/mol. The van der Waals surface area contributed by atoms with Crippen LogP contribution in [-0.4, -0.2) is 48.0 Å². The highest BCUT2D eigenvalue weighted by Gasteiger charge is 2.33. The van der Waals surface area contributed by atoms with Gasteiger partial charge in [-0.05, 0) is 34.7 Å². The van der Waals surface area contributed by atoms with Crippen molar-refractivity contribution < 1.29 is 27.1 Å². The smallest absolute Gasteiger partial charge is 0.384 e. The van der Waals surface area contributed by atoms with Crippen LogP contribution in [0.4, 0.5) is 22.0 Å². The quantitative estimate of drug-likeness (QED) is 0.678. The Kier molecular flexibility index (Phi) is 5.08. The van der Waals surface area contributed by atoms with Gasteiger partial charge in [0, 0.05) is 5.56 Å². The van der Waals surface area contributed by atoms with Crippen LogP contribution in [0.25, 0.3) is 11.3 Å². The molecule has 142 valence electrons. The maximum absolute atomic E-state index is 13.0. The highest BCUT2D eigenvalue weighted by atomic mass is 19.4. The SMILES string of the molecule is OC(C(F)F)C(c1ccc(-c2ccc(C(F)(F)F)cc2)nn1)n1cnnn1. The maximum atomic E-state index is 13.0. The van der Waals surface area contributed by atoms with E-state index in [9.17, 15) is 27.1 Å². The molecule has 3 aromatic rings. The maximum Gasteiger partial charge on any atom is 0.416 e. The average molecular weight is 386 g/mol. The summed E-state index contributed by atoms with van der Waals surface area (Å²) >= 11 is 0. The third kappa shape index (κ3) is 4.05. The molecule has 3 rings (SSSR count). The zero-order valence-electron chi connectivity index (χ0n) is 13.3. The van der Waals surface area contributed by atoms with E-state index < -0.39 is 30.3 Å². The van der Waals surface area contributed by atoms with Crippen LogP contribution in [0.3, 0.4) is 0 Å². The molecule has 1 N–H and O–H groups in total. The van der Waals surface area contributed by atoms with Gasteiger partial charge in [0.25, 0.3) is 6.43 Å². The predicted molar refractivity (Wildman–Crippen MR) is 80.4 cm³/mol. The fourth-order valence-electron chi connectivity index (χ4n) is 2.38. The monoisotopic (exact) mass is 386 g/mol. The van der Waals surface area contributed by atoms with Gasteiger partial charge in [-0.3, -0.25) is 0 Å². The molecule has 2 atom stereocenters. The lowest BCUT2D eigenvalue weighted by molar-refractivity contribution is -0.137. The van der Waals surface area contributed by atoms with E-state index in [-0.39, 0.29) is 11.4 Å². The number of halogens is 5. The fourth-order valence-corrected chi connectivity index (χ4v) is 2.38. The van der Waals surface area contributed by atoms with E-state index in [1.807, 2.05) is 0 Å². The molecular formula is C15H11F5N6O. The molecule has 0 saturated carbocycles. The highest BCUT2D eigenvalue weighted by Crippen LogP contribution is 2.31. The van der Waals surface area contributed by atoms with Gasteiger partial charge >= 0.3 is 6.18 Å². The molecule has 0 spiro atoms. The van der Waals surface area contributed by atoms with E-state index in [2.05, 4.69) is 25.7 Å². The van der Waals surface area contributed by atoms with Crippen molar-refractivity contribution in [1.29, 1.82) is 0 Å². The number of hydrogen-bond acceptors (Lipinski definition) is 6. The Morgan fingerprint density at radius 1 is 0.963 bits per heavy atom. The molecule has 0 fully saturated rings. The molecule has 2 heterocycles. The second kappa shape index (κ2) is 7.31. The molecule has 12 heteroatoms. The van der Waals surface area contributed by atoms with E-state index in [1.165, 1.54) is 24.3 Å². The lowest BCUT2D eigenvalue weighted by atomic mass is 10.1. The Balaban J connectivity index is 1.89. The van der Waals surface area contributed by atoms with Gasteiger partial charge in [-0.25, -0.2) is 13.5 Å². The summed E-state index contributed by atoms with van der Waals surface area (Å²) in [4.78, 5) is 0. The number of aliphatic hydroxyl groups is 1. The molecule has 0 bridgehead atoms. The van der Waals surface area contributed by atoms with Crippen LogP contribution in [-0.2, 0) is 6.18 Å². The minimum Gasteiger partial charge on any atom is -0.384 e. The summed E-state index contributed by atoms with van der Waals surface area (Å²) in [7, 11) is 0. The average Bonchev–Trinajstić information content (AvgIpc) is 3.16. The van der Waals surface area contributed by atoms with Crippen molar-refractivity contribution in [2.45, 2.75) is 24.7 Å². The summed E-state index contributed by atoms with van der Waals surface area (Å²) in [6.45, 7) is 0. The first-order chi connectivity index (χ1) is 12.8. The normalized spacial score (nSPS) is 14.3. The van der Waals surface area contributed by atoms with Crippen LogP contribution >= 0.6 is 0 Å². The number of benzene rings is 1. The van der Waals surface area contributed by atoms with E-state index in [1.54, 1.807) is 0 Å². The highest BCUT2D eigenvalue weighted by molar-refractivity contribution is 5.59. The van der Waals surface area contributed by atoms with Gasteiger partial charge in [-0.1, -0.05) is 12.1 Å². The first-order valence-electron chi connectivity index (χ1n) is 7.47. The van der Waals surface area contributed by atoms with Gasteiger partial charge in [0.2, 0.25) is 0 Å². The zero-order valence-corrected chi connectivity index (χ0v) is 13.3. The second-order valence-corrected chi connectivity index (χ2v) is 5.48. The first kappa shape index (κ1) is 18.8. The number of alkyl halides is 5. The van der Waals surface area contributed by atoms with Crippen molar-refractivity contribution in [3.05, 3.63) is 54.0 Å². The summed E-state index contributed by atoms with van der Waals surface area (Å²) in [5, 5.41) is 27.6. The van der Waals surface area contributed by atoms with E-state index in [4.69, 9.17) is 0 Å². The second-order valence-electron chi connectivity index (χ2n) is 5.48. The Hall–Kier alpha value is -3.02. The number of hydrogen-bond donors (Lipinski definition) is 1. The molecule has 0 aliphatic rings. The Morgan fingerprint density at radius 3 is 2.15 bits per heavy atom. The Labute approximate surface area is 148 Å². The molecule has 27 heavy (non-hydrogen) atoms. The summed E-state index contributed by atoms with van der Waals surface area (Å²) in [5.74, 6) is 0. The van der Waals surface area contributed by atoms with Crippen LogP contribution in [0.1, 0.15) is 17.3 Å². The van der Waals surface area contributed by atoms with E-state index >= 15 is 0 Å². The van der Waals surface area contributed by atoms with Crippen molar-refractivity contribution in [3.8, 4) is 11.3 Å². The van der Waals surface area contributed by atoms with Crippen molar-refractivity contribution in [2.75, 3.05) is 0 Å². The summed E-state index contributed by atoms with van der Waals surface area (Å²) in [6, 6.07) is 5.57. The Bertz CT molecular complexity index is 867. The van der Waals surface area contributed by atoms with Gasteiger partial charge in [-0.15, -0.1) is 5.10 Å². The summed E-state index contributed by atoms with van der Waals surface area (Å²) < 4.78 is 64.7. The largest absolute Gasteiger partial charge is 0.416 e. The molecule has 2 aromatic heterocycles.